The van der Waals surface area contributed by atoms with Crippen molar-refractivity contribution >= 4 is 5.97 Å². The molecule has 3 atom stereocenters. The predicted octanol–water partition coefficient (Wildman–Crippen LogP) is 3.32. The molecule has 0 aromatic heterocycles. The van der Waals surface area contributed by atoms with Crippen molar-refractivity contribution in [1.82, 2.24) is 0 Å². The first kappa shape index (κ1) is 11.7. The fourth-order valence-electron chi connectivity index (χ4n) is 3.48. The molecule has 0 spiro atoms. The zero-order valence-corrected chi connectivity index (χ0v) is 10.7. The zero-order valence-electron chi connectivity index (χ0n) is 10.7. The average Bonchev–Trinajstić information content (AvgIpc) is 2.16. The van der Waals surface area contributed by atoms with Crippen molar-refractivity contribution in [2.24, 2.45) is 17.3 Å². The monoisotopic (exact) mass is 222 g/mol. The molecule has 0 amide bonds. The van der Waals surface area contributed by atoms with Gasteiger partial charge in [-0.05, 0) is 25.2 Å². The van der Waals surface area contributed by atoms with E-state index in [1.807, 2.05) is 6.92 Å². The van der Waals surface area contributed by atoms with E-state index in [9.17, 15) is 4.79 Å². The Morgan fingerprint density at radius 3 is 2.75 bits per heavy atom. The number of esters is 1. The van der Waals surface area contributed by atoms with E-state index in [4.69, 9.17) is 4.74 Å². The van der Waals surface area contributed by atoms with Gasteiger partial charge in [-0.25, -0.2) is 0 Å². The van der Waals surface area contributed by atoms with Crippen LogP contribution in [0.4, 0.5) is 0 Å². The molecule has 0 aliphatic heterocycles. The number of allylic oxidation sites excluding steroid dienone is 1. The van der Waals surface area contributed by atoms with Gasteiger partial charge in [0.15, 0.2) is 0 Å². The van der Waals surface area contributed by atoms with Gasteiger partial charge in [0.25, 0.3) is 0 Å². The van der Waals surface area contributed by atoms with Crippen molar-refractivity contribution in [3.8, 4) is 0 Å². The van der Waals surface area contributed by atoms with Gasteiger partial charge in [0, 0.05) is 18.3 Å². The molecule has 0 aromatic carbocycles. The standard InChI is InChI=1S/C14H22O2/c1-5-6-11(15)16-13-10-8-7-9(2)12(13)14(10,3)4/h7,10,12-13H,5-6,8H2,1-4H3/t10-,12+,13?/m1/s1. The van der Waals surface area contributed by atoms with Gasteiger partial charge in [0.1, 0.15) is 6.10 Å². The van der Waals surface area contributed by atoms with Gasteiger partial charge < -0.3 is 4.74 Å². The molecule has 0 radical (unpaired) electrons. The largest absolute Gasteiger partial charge is 0.461 e. The molecule has 3 aliphatic rings. The molecule has 1 fully saturated rings. The molecule has 0 aromatic rings. The third kappa shape index (κ3) is 1.59. The summed E-state index contributed by atoms with van der Waals surface area (Å²) in [4.78, 5) is 11.6. The zero-order chi connectivity index (χ0) is 11.9. The molecule has 0 N–H and O–H groups in total. The molecule has 1 saturated carbocycles. The lowest BCUT2D eigenvalue weighted by atomic mass is 9.47. The maximum atomic E-state index is 11.6. The fraction of sp³-hybridized carbons (Fsp3) is 0.786. The number of fused-ring (bicyclic) bond motifs is 1. The molecule has 2 heteroatoms. The highest BCUT2D eigenvalue weighted by atomic mass is 16.5. The molecule has 16 heavy (non-hydrogen) atoms. The van der Waals surface area contributed by atoms with Crippen molar-refractivity contribution in [2.75, 3.05) is 0 Å². The molecule has 1 unspecified atom stereocenters. The number of carbonyl (C=O) groups is 1. The van der Waals surface area contributed by atoms with Gasteiger partial charge in [0.2, 0.25) is 0 Å². The number of hydrogen-bond acceptors (Lipinski definition) is 2. The van der Waals surface area contributed by atoms with Crippen LogP contribution < -0.4 is 0 Å². The number of carbonyl (C=O) groups excluding carboxylic acids is 1. The summed E-state index contributed by atoms with van der Waals surface area (Å²) >= 11 is 0. The van der Waals surface area contributed by atoms with E-state index in [0.717, 1.165) is 12.8 Å². The van der Waals surface area contributed by atoms with E-state index in [-0.39, 0.29) is 12.1 Å². The minimum Gasteiger partial charge on any atom is -0.461 e. The quantitative estimate of drug-likeness (QED) is 0.541. The number of ether oxygens (including phenoxy) is 1. The molecule has 2 nitrogen and oxygen atoms in total. The summed E-state index contributed by atoms with van der Waals surface area (Å²) in [5.74, 6) is 0.960. The molecule has 0 saturated heterocycles. The molecule has 0 heterocycles. The topological polar surface area (TPSA) is 26.3 Å². The van der Waals surface area contributed by atoms with Crippen LogP contribution in [0, 0.1) is 17.3 Å². The van der Waals surface area contributed by atoms with Crippen LogP contribution in [0.15, 0.2) is 11.6 Å². The van der Waals surface area contributed by atoms with Gasteiger partial charge in [-0.1, -0.05) is 32.4 Å². The van der Waals surface area contributed by atoms with E-state index in [2.05, 4.69) is 26.8 Å². The van der Waals surface area contributed by atoms with Crippen molar-refractivity contribution in [1.29, 1.82) is 0 Å². The lowest BCUT2D eigenvalue weighted by molar-refractivity contribution is -0.192. The molecule has 3 aliphatic carbocycles. The van der Waals surface area contributed by atoms with Crippen LogP contribution in [0.25, 0.3) is 0 Å². The Hall–Kier alpha value is -0.790. The Bertz CT molecular complexity index is 328. The summed E-state index contributed by atoms with van der Waals surface area (Å²) in [6.45, 7) is 8.77. The maximum absolute atomic E-state index is 11.6. The van der Waals surface area contributed by atoms with Crippen molar-refractivity contribution in [2.45, 2.75) is 53.1 Å². The fourth-order valence-corrected chi connectivity index (χ4v) is 3.48. The second-order valence-electron chi connectivity index (χ2n) is 5.79. The molecule has 90 valence electrons. The summed E-state index contributed by atoms with van der Waals surface area (Å²) in [6, 6.07) is 0. The summed E-state index contributed by atoms with van der Waals surface area (Å²) in [5.41, 5.74) is 1.72. The molecular weight excluding hydrogens is 200 g/mol. The van der Waals surface area contributed by atoms with Crippen molar-refractivity contribution in [3.63, 3.8) is 0 Å². The summed E-state index contributed by atoms with van der Waals surface area (Å²) < 4.78 is 5.62. The first-order chi connectivity index (χ1) is 7.48. The Balaban J connectivity index is 2.05. The first-order valence-corrected chi connectivity index (χ1v) is 6.34. The lowest BCUT2D eigenvalue weighted by Gasteiger charge is -2.60. The SMILES string of the molecule is CCCC(=O)OC1[C@H]2CC=C(C)[C@@H]1C2(C)C. The van der Waals surface area contributed by atoms with Crippen LogP contribution >= 0.6 is 0 Å². The van der Waals surface area contributed by atoms with Crippen molar-refractivity contribution in [3.05, 3.63) is 11.6 Å². The lowest BCUT2D eigenvalue weighted by Crippen LogP contribution is -2.61. The average molecular weight is 222 g/mol. The van der Waals surface area contributed by atoms with Gasteiger partial charge >= 0.3 is 5.97 Å². The Morgan fingerprint density at radius 1 is 1.56 bits per heavy atom. The summed E-state index contributed by atoms with van der Waals surface area (Å²) in [7, 11) is 0. The second-order valence-corrected chi connectivity index (χ2v) is 5.79. The van der Waals surface area contributed by atoms with E-state index in [0.29, 0.717) is 23.7 Å². The first-order valence-electron chi connectivity index (χ1n) is 6.34. The number of rotatable bonds is 3. The van der Waals surface area contributed by atoms with Gasteiger partial charge in [-0.3, -0.25) is 4.79 Å². The maximum Gasteiger partial charge on any atom is 0.306 e. The Morgan fingerprint density at radius 2 is 2.25 bits per heavy atom. The van der Waals surface area contributed by atoms with E-state index >= 15 is 0 Å². The van der Waals surface area contributed by atoms with E-state index in [1.54, 1.807) is 0 Å². The van der Waals surface area contributed by atoms with E-state index in [1.165, 1.54) is 5.57 Å². The van der Waals surface area contributed by atoms with Crippen LogP contribution in [0.3, 0.4) is 0 Å². The second kappa shape index (κ2) is 3.90. The highest BCUT2D eigenvalue weighted by Gasteiger charge is 2.60. The predicted molar refractivity (Wildman–Crippen MR) is 63.9 cm³/mol. The van der Waals surface area contributed by atoms with Crippen molar-refractivity contribution < 1.29 is 9.53 Å². The number of hydrogen-bond donors (Lipinski definition) is 0. The van der Waals surface area contributed by atoms with Gasteiger partial charge in [0.05, 0.1) is 0 Å². The van der Waals surface area contributed by atoms with Crippen LogP contribution in [0.1, 0.15) is 47.0 Å². The smallest absolute Gasteiger partial charge is 0.306 e. The van der Waals surface area contributed by atoms with Crippen LogP contribution in [-0.4, -0.2) is 12.1 Å². The third-order valence-corrected chi connectivity index (χ3v) is 4.39. The Kier molecular flexibility index (Phi) is 2.85. The summed E-state index contributed by atoms with van der Waals surface area (Å²) in [6.07, 6.45) is 4.96. The minimum absolute atomic E-state index is 0.0206. The van der Waals surface area contributed by atoms with Crippen LogP contribution in [0.5, 0.6) is 0 Å². The molecule has 3 rings (SSSR count). The van der Waals surface area contributed by atoms with Crippen LogP contribution in [0.2, 0.25) is 0 Å². The molecule has 2 bridgehead atoms. The normalized spacial score (nSPS) is 35.0. The highest BCUT2D eigenvalue weighted by molar-refractivity contribution is 5.69. The van der Waals surface area contributed by atoms with E-state index < -0.39 is 0 Å². The third-order valence-electron chi connectivity index (χ3n) is 4.39. The molecular formula is C14H22O2. The summed E-state index contributed by atoms with van der Waals surface area (Å²) in [5, 5.41) is 0. The van der Waals surface area contributed by atoms with Gasteiger partial charge in [-0.15, -0.1) is 0 Å². The minimum atomic E-state index is -0.0206. The van der Waals surface area contributed by atoms with Gasteiger partial charge in [-0.2, -0.15) is 0 Å². The Labute approximate surface area is 98.1 Å². The highest BCUT2D eigenvalue weighted by Crippen LogP contribution is 2.60. The van der Waals surface area contributed by atoms with Crippen LogP contribution in [-0.2, 0) is 9.53 Å².